The maximum atomic E-state index is 13.3. The largest absolute Gasteiger partial charge is 0.324 e. The molecule has 0 aromatic heterocycles. The number of hydrogen-bond acceptors (Lipinski definition) is 3. The highest BCUT2D eigenvalue weighted by Gasteiger charge is 2.27. The van der Waals surface area contributed by atoms with Crippen LogP contribution in [0.2, 0.25) is 15.1 Å². The number of halogens is 3. The number of benzene rings is 3. The molecule has 31 heavy (non-hydrogen) atoms. The molecule has 0 radical (unpaired) electrons. The van der Waals surface area contributed by atoms with Crippen LogP contribution in [0.15, 0.2) is 71.6 Å². The second-order valence-corrected chi connectivity index (χ2v) is 10.1. The maximum absolute atomic E-state index is 13.3. The Bertz CT molecular complexity index is 1180. The van der Waals surface area contributed by atoms with Gasteiger partial charge in [0, 0.05) is 16.6 Å². The summed E-state index contributed by atoms with van der Waals surface area (Å²) in [6.45, 7) is 1.56. The van der Waals surface area contributed by atoms with E-state index >= 15 is 0 Å². The third-order valence-corrected chi connectivity index (χ3v) is 7.06. The van der Waals surface area contributed by atoms with Crippen molar-refractivity contribution in [3.05, 3.63) is 92.9 Å². The van der Waals surface area contributed by atoms with Gasteiger partial charge in [-0.25, -0.2) is 8.42 Å². The standard InChI is InChI=1S/C22H19Cl3N2O3S/c1-15-2-4-16(5-3-15)13-27(31(29,30)19-9-6-17(23)7-10-19)14-22(28)26-21-11-8-18(24)12-20(21)25/h2-12H,13-14H2,1H3,(H,26,28). The quantitative estimate of drug-likeness (QED) is 0.449. The Labute approximate surface area is 196 Å². The zero-order valence-corrected chi connectivity index (χ0v) is 19.6. The van der Waals surface area contributed by atoms with Gasteiger partial charge in [-0.3, -0.25) is 4.79 Å². The zero-order valence-electron chi connectivity index (χ0n) is 16.5. The predicted molar refractivity (Wildman–Crippen MR) is 125 cm³/mol. The van der Waals surface area contributed by atoms with Crippen molar-refractivity contribution >= 4 is 56.4 Å². The van der Waals surface area contributed by atoms with Gasteiger partial charge in [-0.1, -0.05) is 64.6 Å². The van der Waals surface area contributed by atoms with Gasteiger partial charge < -0.3 is 5.32 Å². The Morgan fingerprint density at radius 2 is 1.52 bits per heavy atom. The fourth-order valence-corrected chi connectivity index (χ4v) is 4.79. The molecule has 0 atom stereocenters. The topological polar surface area (TPSA) is 66.5 Å². The Hall–Kier alpha value is -2.09. The summed E-state index contributed by atoms with van der Waals surface area (Å²) in [4.78, 5) is 12.7. The fraction of sp³-hybridized carbons (Fsp3) is 0.136. The number of amides is 1. The van der Waals surface area contributed by atoms with Gasteiger partial charge >= 0.3 is 0 Å². The van der Waals surface area contributed by atoms with E-state index in [4.69, 9.17) is 34.8 Å². The van der Waals surface area contributed by atoms with Crippen LogP contribution in [0.1, 0.15) is 11.1 Å². The van der Waals surface area contributed by atoms with Gasteiger partial charge in [0.15, 0.2) is 0 Å². The first kappa shape index (κ1) is 23.6. The molecule has 0 spiro atoms. The lowest BCUT2D eigenvalue weighted by Gasteiger charge is -2.22. The third-order valence-electron chi connectivity index (χ3n) is 4.46. The molecule has 0 saturated carbocycles. The Morgan fingerprint density at radius 1 is 0.903 bits per heavy atom. The molecule has 0 aliphatic carbocycles. The number of carbonyl (C=O) groups is 1. The number of rotatable bonds is 7. The molecule has 0 aliphatic rings. The summed E-state index contributed by atoms with van der Waals surface area (Å²) in [6, 6.07) is 17.9. The second-order valence-electron chi connectivity index (χ2n) is 6.88. The van der Waals surface area contributed by atoms with E-state index in [1.54, 1.807) is 12.1 Å². The second kappa shape index (κ2) is 10.0. The molecule has 0 bridgehead atoms. The van der Waals surface area contributed by atoms with E-state index in [0.29, 0.717) is 15.7 Å². The van der Waals surface area contributed by atoms with E-state index < -0.39 is 22.5 Å². The van der Waals surface area contributed by atoms with Crippen LogP contribution in [-0.4, -0.2) is 25.2 Å². The van der Waals surface area contributed by atoms with Crippen molar-refractivity contribution in [1.82, 2.24) is 4.31 Å². The number of nitrogens with one attached hydrogen (secondary N) is 1. The van der Waals surface area contributed by atoms with Crippen LogP contribution in [0, 0.1) is 6.92 Å². The average molecular weight is 498 g/mol. The van der Waals surface area contributed by atoms with Crippen LogP contribution in [0.4, 0.5) is 5.69 Å². The molecule has 0 fully saturated rings. The smallest absolute Gasteiger partial charge is 0.243 e. The number of sulfonamides is 1. The van der Waals surface area contributed by atoms with Gasteiger partial charge in [0.2, 0.25) is 15.9 Å². The van der Waals surface area contributed by atoms with Gasteiger partial charge in [0.05, 0.1) is 22.2 Å². The molecule has 3 aromatic carbocycles. The van der Waals surface area contributed by atoms with Crippen LogP contribution in [0.5, 0.6) is 0 Å². The molecular weight excluding hydrogens is 479 g/mol. The van der Waals surface area contributed by atoms with Crippen molar-refractivity contribution in [1.29, 1.82) is 0 Å². The van der Waals surface area contributed by atoms with Gasteiger partial charge in [-0.2, -0.15) is 4.31 Å². The summed E-state index contributed by atoms with van der Waals surface area (Å²) in [6.07, 6.45) is 0. The Kier molecular flexibility index (Phi) is 7.62. The van der Waals surface area contributed by atoms with E-state index in [9.17, 15) is 13.2 Å². The van der Waals surface area contributed by atoms with E-state index in [2.05, 4.69) is 5.32 Å². The Morgan fingerprint density at radius 3 is 2.13 bits per heavy atom. The summed E-state index contributed by atoms with van der Waals surface area (Å²) in [5.41, 5.74) is 2.14. The monoisotopic (exact) mass is 496 g/mol. The highest BCUT2D eigenvalue weighted by molar-refractivity contribution is 7.89. The molecule has 1 amide bonds. The number of anilines is 1. The number of aryl methyl sites for hydroxylation is 1. The van der Waals surface area contributed by atoms with Crippen molar-refractivity contribution in [3.63, 3.8) is 0 Å². The normalized spacial score (nSPS) is 11.5. The van der Waals surface area contributed by atoms with Crippen LogP contribution >= 0.6 is 34.8 Å². The number of hydrogen-bond donors (Lipinski definition) is 1. The summed E-state index contributed by atoms with van der Waals surface area (Å²) >= 11 is 17.9. The van der Waals surface area contributed by atoms with E-state index in [-0.39, 0.29) is 16.5 Å². The van der Waals surface area contributed by atoms with Crippen molar-refractivity contribution in [3.8, 4) is 0 Å². The molecule has 3 aromatic rings. The number of carbonyl (C=O) groups excluding carboxylic acids is 1. The molecular formula is C22H19Cl3N2O3S. The van der Waals surface area contributed by atoms with Crippen molar-refractivity contribution < 1.29 is 13.2 Å². The molecule has 5 nitrogen and oxygen atoms in total. The van der Waals surface area contributed by atoms with Crippen LogP contribution < -0.4 is 5.32 Å². The lowest BCUT2D eigenvalue weighted by atomic mass is 10.1. The minimum Gasteiger partial charge on any atom is -0.324 e. The summed E-state index contributed by atoms with van der Waals surface area (Å²) in [7, 11) is -3.97. The highest BCUT2D eigenvalue weighted by atomic mass is 35.5. The highest BCUT2D eigenvalue weighted by Crippen LogP contribution is 2.26. The zero-order chi connectivity index (χ0) is 22.6. The summed E-state index contributed by atoms with van der Waals surface area (Å²) < 4.78 is 27.7. The van der Waals surface area contributed by atoms with Crippen LogP contribution in [-0.2, 0) is 21.4 Å². The van der Waals surface area contributed by atoms with E-state index in [1.807, 2.05) is 31.2 Å². The minimum atomic E-state index is -3.97. The SMILES string of the molecule is Cc1ccc(CN(CC(=O)Nc2ccc(Cl)cc2Cl)S(=O)(=O)c2ccc(Cl)cc2)cc1. The summed E-state index contributed by atoms with van der Waals surface area (Å²) in [5, 5.41) is 3.74. The van der Waals surface area contributed by atoms with E-state index in [1.165, 1.54) is 30.3 Å². The van der Waals surface area contributed by atoms with Gasteiger partial charge in [0.1, 0.15) is 0 Å². The average Bonchev–Trinajstić information content (AvgIpc) is 2.71. The van der Waals surface area contributed by atoms with Crippen molar-refractivity contribution in [2.75, 3.05) is 11.9 Å². The van der Waals surface area contributed by atoms with Gasteiger partial charge in [0.25, 0.3) is 0 Å². The van der Waals surface area contributed by atoms with Crippen molar-refractivity contribution in [2.45, 2.75) is 18.4 Å². The molecule has 0 aliphatic heterocycles. The molecule has 162 valence electrons. The van der Waals surface area contributed by atoms with Crippen LogP contribution in [0.3, 0.4) is 0 Å². The lowest BCUT2D eigenvalue weighted by molar-refractivity contribution is -0.116. The molecule has 0 heterocycles. The first-order chi connectivity index (χ1) is 14.6. The first-order valence-corrected chi connectivity index (χ1v) is 11.8. The molecule has 0 saturated heterocycles. The molecule has 9 heteroatoms. The van der Waals surface area contributed by atoms with Gasteiger partial charge in [-0.05, 0) is 55.0 Å². The third kappa shape index (κ3) is 6.21. The maximum Gasteiger partial charge on any atom is 0.243 e. The van der Waals surface area contributed by atoms with Crippen LogP contribution in [0.25, 0.3) is 0 Å². The van der Waals surface area contributed by atoms with Gasteiger partial charge in [-0.15, -0.1) is 0 Å². The minimum absolute atomic E-state index is 0.0208. The first-order valence-electron chi connectivity index (χ1n) is 9.21. The predicted octanol–water partition coefficient (Wildman–Crippen LogP) is 5.78. The lowest BCUT2D eigenvalue weighted by Crippen LogP contribution is -2.37. The molecule has 1 N–H and O–H groups in total. The van der Waals surface area contributed by atoms with E-state index in [0.717, 1.165) is 15.4 Å². The van der Waals surface area contributed by atoms with Crippen molar-refractivity contribution in [2.24, 2.45) is 0 Å². The fourth-order valence-electron chi connectivity index (χ4n) is 2.82. The molecule has 0 unspecified atom stereocenters. The Balaban J connectivity index is 1.88. The summed E-state index contributed by atoms with van der Waals surface area (Å²) in [5.74, 6) is -0.533. The number of nitrogens with zero attached hydrogens (tertiary/aromatic N) is 1. The molecule has 3 rings (SSSR count).